The number of carbonyl (C=O) groups excluding carboxylic acids is 2. The Morgan fingerprint density at radius 2 is 2.05 bits per heavy atom. The normalized spacial score (nSPS) is 21.9. The molecule has 0 radical (unpaired) electrons. The van der Waals surface area contributed by atoms with E-state index < -0.39 is 24.3 Å². The number of methoxy groups -OCH3 is 1. The average Bonchev–Trinajstić information content (AvgIpc) is 2.93. The monoisotopic (exact) mass is 266 g/mol. The van der Waals surface area contributed by atoms with Crippen molar-refractivity contribution in [3.8, 4) is 0 Å². The van der Waals surface area contributed by atoms with Gasteiger partial charge in [0.2, 0.25) is 0 Å². The Hall–Kier alpha value is -1.92. The molecule has 0 N–H and O–H groups in total. The summed E-state index contributed by atoms with van der Waals surface area (Å²) in [5, 5.41) is 0. The minimum atomic E-state index is -0.759. The van der Waals surface area contributed by atoms with Gasteiger partial charge in [-0.1, -0.05) is 18.2 Å². The van der Waals surface area contributed by atoms with Crippen molar-refractivity contribution in [3.63, 3.8) is 0 Å². The predicted octanol–water partition coefficient (Wildman–Crippen LogP) is 0.758. The lowest BCUT2D eigenvalue weighted by Gasteiger charge is -2.11. The first-order valence-corrected chi connectivity index (χ1v) is 5.78. The van der Waals surface area contributed by atoms with E-state index in [4.69, 9.17) is 14.2 Å². The van der Waals surface area contributed by atoms with E-state index in [0.29, 0.717) is 5.56 Å². The summed E-state index contributed by atoms with van der Waals surface area (Å²) in [5.74, 6) is -0.966. The van der Waals surface area contributed by atoms with E-state index in [1.165, 1.54) is 7.11 Å². The largest absolute Gasteiger partial charge is 0.467 e. The van der Waals surface area contributed by atoms with Crippen molar-refractivity contribution in [2.45, 2.75) is 12.4 Å². The molecule has 6 nitrogen and oxygen atoms in total. The van der Waals surface area contributed by atoms with Crippen molar-refractivity contribution in [2.75, 3.05) is 20.3 Å². The van der Waals surface area contributed by atoms with Crippen LogP contribution >= 0.6 is 0 Å². The molecule has 1 aromatic carbocycles. The van der Waals surface area contributed by atoms with Gasteiger partial charge in [-0.25, -0.2) is 9.59 Å². The second-order valence-electron chi connectivity index (χ2n) is 3.88. The summed E-state index contributed by atoms with van der Waals surface area (Å²) >= 11 is 0. The van der Waals surface area contributed by atoms with Gasteiger partial charge in [-0.3, -0.25) is 0 Å². The van der Waals surface area contributed by atoms with Crippen LogP contribution in [0, 0.1) is 0 Å². The summed E-state index contributed by atoms with van der Waals surface area (Å²) in [7, 11) is 1.27. The Kier molecular flexibility index (Phi) is 4.48. The fourth-order valence-electron chi connectivity index (χ4n) is 1.60. The number of carbonyl (C=O) groups is 2. The van der Waals surface area contributed by atoms with Gasteiger partial charge >= 0.3 is 11.9 Å². The van der Waals surface area contributed by atoms with Gasteiger partial charge in [-0.05, 0) is 12.1 Å². The zero-order valence-electron chi connectivity index (χ0n) is 10.4. The second-order valence-corrected chi connectivity index (χ2v) is 3.88. The molecular weight excluding hydrogens is 252 g/mol. The molecule has 1 fully saturated rings. The maximum absolute atomic E-state index is 11.6. The Balaban J connectivity index is 1.78. The molecule has 2 rings (SSSR count). The minimum Gasteiger partial charge on any atom is -0.467 e. The lowest BCUT2D eigenvalue weighted by molar-refractivity contribution is -0.155. The molecule has 0 amide bonds. The quantitative estimate of drug-likeness (QED) is 0.749. The van der Waals surface area contributed by atoms with Crippen LogP contribution in [0.15, 0.2) is 30.3 Å². The molecule has 1 aromatic rings. The summed E-state index contributed by atoms with van der Waals surface area (Å²) in [5.41, 5.74) is 0.449. The average molecular weight is 266 g/mol. The van der Waals surface area contributed by atoms with Crippen molar-refractivity contribution < 1.29 is 28.5 Å². The smallest absolute Gasteiger partial charge is 0.338 e. The van der Waals surface area contributed by atoms with Crippen molar-refractivity contribution in [3.05, 3.63) is 35.9 Å². The van der Waals surface area contributed by atoms with Crippen LogP contribution in [0.3, 0.4) is 0 Å². The van der Waals surface area contributed by atoms with Crippen molar-refractivity contribution in [1.29, 1.82) is 0 Å². The fraction of sp³-hybridized carbons (Fsp3) is 0.385. The zero-order valence-corrected chi connectivity index (χ0v) is 10.4. The third-order valence-electron chi connectivity index (χ3n) is 2.57. The van der Waals surface area contributed by atoms with E-state index in [0.717, 1.165) is 0 Å². The molecule has 0 aromatic heterocycles. The SMILES string of the molecule is COC(=O)[C@H]1COC(COC(=O)c2ccccc2)O1. The van der Waals surface area contributed by atoms with E-state index in [1.807, 2.05) is 0 Å². The molecule has 0 spiro atoms. The molecule has 2 atom stereocenters. The van der Waals surface area contributed by atoms with Gasteiger partial charge in [0, 0.05) is 0 Å². The molecule has 1 unspecified atom stereocenters. The first-order valence-electron chi connectivity index (χ1n) is 5.78. The highest BCUT2D eigenvalue weighted by atomic mass is 16.7. The second kappa shape index (κ2) is 6.31. The predicted molar refractivity (Wildman–Crippen MR) is 63.4 cm³/mol. The van der Waals surface area contributed by atoms with Gasteiger partial charge in [0.1, 0.15) is 6.61 Å². The van der Waals surface area contributed by atoms with Crippen molar-refractivity contribution in [2.24, 2.45) is 0 Å². The molecule has 0 bridgehead atoms. The molecule has 1 aliphatic rings. The van der Waals surface area contributed by atoms with Crippen molar-refractivity contribution >= 4 is 11.9 Å². The van der Waals surface area contributed by atoms with Gasteiger partial charge in [0.25, 0.3) is 0 Å². The van der Waals surface area contributed by atoms with Gasteiger partial charge < -0.3 is 18.9 Å². The Labute approximate surface area is 110 Å². The number of rotatable bonds is 4. The van der Waals surface area contributed by atoms with Crippen LogP contribution in [-0.2, 0) is 23.7 Å². The highest BCUT2D eigenvalue weighted by molar-refractivity contribution is 5.89. The number of esters is 2. The maximum atomic E-state index is 11.6. The van der Waals surface area contributed by atoms with Gasteiger partial charge in [0.05, 0.1) is 19.3 Å². The third-order valence-corrected chi connectivity index (χ3v) is 2.57. The molecule has 1 heterocycles. The Morgan fingerprint density at radius 3 is 2.74 bits per heavy atom. The van der Waals surface area contributed by atoms with Gasteiger partial charge in [-0.2, -0.15) is 0 Å². The lowest BCUT2D eigenvalue weighted by atomic mass is 10.2. The summed E-state index contributed by atoms with van der Waals surface area (Å²) in [4.78, 5) is 22.8. The van der Waals surface area contributed by atoms with Crippen LogP contribution in [-0.4, -0.2) is 44.7 Å². The molecule has 102 valence electrons. The molecule has 1 aliphatic heterocycles. The van der Waals surface area contributed by atoms with Crippen LogP contribution in [0.4, 0.5) is 0 Å². The number of hydrogen-bond acceptors (Lipinski definition) is 6. The van der Waals surface area contributed by atoms with Crippen LogP contribution in [0.1, 0.15) is 10.4 Å². The molecule has 6 heteroatoms. The topological polar surface area (TPSA) is 71.1 Å². The van der Waals surface area contributed by atoms with Crippen molar-refractivity contribution in [1.82, 2.24) is 0 Å². The summed E-state index contributed by atoms with van der Waals surface area (Å²) in [6, 6.07) is 8.59. The summed E-state index contributed by atoms with van der Waals surface area (Å²) < 4.78 is 20.0. The molecular formula is C13H14O6. The van der Waals surface area contributed by atoms with Crippen LogP contribution in [0.25, 0.3) is 0 Å². The molecule has 1 saturated heterocycles. The number of ether oxygens (including phenoxy) is 4. The Bertz CT molecular complexity index is 444. The maximum Gasteiger partial charge on any atom is 0.338 e. The van der Waals surface area contributed by atoms with Gasteiger partial charge in [-0.15, -0.1) is 0 Å². The van der Waals surface area contributed by atoms with Crippen LogP contribution in [0.2, 0.25) is 0 Å². The standard InChI is InChI=1S/C13H14O6/c1-16-13(15)10-7-17-11(19-10)8-18-12(14)9-5-3-2-4-6-9/h2-6,10-11H,7-8H2,1H3/t10-,11?/m1/s1. The van der Waals surface area contributed by atoms with E-state index >= 15 is 0 Å². The number of benzene rings is 1. The van der Waals surface area contributed by atoms with Gasteiger partial charge in [0.15, 0.2) is 12.4 Å². The number of hydrogen-bond donors (Lipinski definition) is 0. The summed E-state index contributed by atoms with van der Waals surface area (Å²) in [6.45, 7) is 0.0292. The van der Waals surface area contributed by atoms with E-state index in [1.54, 1.807) is 30.3 Å². The first kappa shape index (κ1) is 13.5. The molecule has 19 heavy (non-hydrogen) atoms. The van der Waals surface area contributed by atoms with E-state index in [2.05, 4.69) is 4.74 Å². The highest BCUT2D eigenvalue weighted by Gasteiger charge is 2.33. The highest BCUT2D eigenvalue weighted by Crippen LogP contribution is 2.13. The van der Waals surface area contributed by atoms with Crippen LogP contribution in [0.5, 0.6) is 0 Å². The summed E-state index contributed by atoms with van der Waals surface area (Å²) in [6.07, 6.45) is -1.50. The zero-order chi connectivity index (χ0) is 13.7. The van der Waals surface area contributed by atoms with Crippen LogP contribution < -0.4 is 0 Å². The Morgan fingerprint density at radius 1 is 1.32 bits per heavy atom. The minimum absolute atomic E-state index is 0.0682. The van der Waals surface area contributed by atoms with E-state index in [-0.39, 0.29) is 13.2 Å². The fourth-order valence-corrected chi connectivity index (χ4v) is 1.60. The lowest BCUT2D eigenvalue weighted by Crippen LogP contribution is -2.26. The molecule has 0 saturated carbocycles. The third kappa shape index (κ3) is 3.52. The van der Waals surface area contributed by atoms with E-state index in [9.17, 15) is 9.59 Å². The first-order chi connectivity index (χ1) is 9.20. The molecule has 0 aliphatic carbocycles.